The predicted octanol–water partition coefficient (Wildman–Crippen LogP) is 0.986. The van der Waals surface area contributed by atoms with Crippen LogP contribution in [-0.2, 0) is 22.7 Å². The smallest absolute Gasteiger partial charge is 0.258 e. The molecule has 0 aliphatic heterocycles. The molecule has 15 heavy (non-hydrogen) atoms. The zero-order valence-electron chi connectivity index (χ0n) is 7.15. The third kappa shape index (κ3) is 2.89. The summed E-state index contributed by atoms with van der Waals surface area (Å²) in [7, 11) is 0. The van der Waals surface area contributed by atoms with Crippen molar-refractivity contribution in [3.63, 3.8) is 0 Å². The van der Waals surface area contributed by atoms with Crippen LogP contribution in [0.3, 0.4) is 0 Å². The highest BCUT2D eigenvalue weighted by molar-refractivity contribution is 7.65. The lowest BCUT2D eigenvalue weighted by Crippen LogP contribution is -1.89. The van der Waals surface area contributed by atoms with Gasteiger partial charge in [0.05, 0.1) is 21.9 Å². The first-order valence-corrected chi connectivity index (χ1v) is 5.09. The van der Waals surface area contributed by atoms with Crippen LogP contribution in [0.15, 0.2) is 22.6 Å². The van der Waals surface area contributed by atoms with Gasteiger partial charge in [0.1, 0.15) is 0 Å². The van der Waals surface area contributed by atoms with Crippen molar-refractivity contribution in [3.05, 3.63) is 33.9 Å². The highest BCUT2D eigenvalue weighted by atomic mass is 32.1. The van der Waals surface area contributed by atoms with Gasteiger partial charge in [-0.15, -0.1) is 0 Å². The van der Waals surface area contributed by atoms with E-state index in [0.29, 0.717) is 5.56 Å². The monoisotopic (exact) mass is 244 g/mol. The second kappa shape index (κ2) is 5.27. The van der Waals surface area contributed by atoms with Gasteiger partial charge in [-0.05, 0) is 6.07 Å². The van der Waals surface area contributed by atoms with Gasteiger partial charge in [-0.2, -0.15) is 8.57 Å². The van der Waals surface area contributed by atoms with Gasteiger partial charge in [-0.1, -0.05) is 0 Å². The number of nitrogens with zero attached hydrogens (tertiary/aromatic N) is 2. The van der Waals surface area contributed by atoms with Crippen molar-refractivity contribution in [1.82, 2.24) is 0 Å². The summed E-state index contributed by atoms with van der Waals surface area (Å²) in [4.78, 5) is 9.83. The van der Waals surface area contributed by atoms with Crippen molar-refractivity contribution in [2.45, 2.75) is 0 Å². The Hall–Kier alpha value is -1.67. The molecule has 0 amide bonds. The van der Waals surface area contributed by atoms with Crippen LogP contribution in [0.5, 0.6) is 0 Å². The third-order valence-electron chi connectivity index (χ3n) is 1.54. The molecule has 0 unspecified atom stereocenters. The molecular formula is C7H4N2O4S2. The molecule has 0 saturated heterocycles. The molecule has 0 bridgehead atoms. The maximum Gasteiger partial charge on any atom is 0.271 e. The first-order chi connectivity index (χ1) is 7.19. The number of rotatable bonds is 3. The summed E-state index contributed by atoms with van der Waals surface area (Å²) in [5, 5.41) is 11.6. The largest absolute Gasteiger partial charge is 0.271 e. The van der Waals surface area contributed by atoms with Crippen LogP contribution in [0.4, 0.5) is 11.4 Å². The van der Waals surface area contributed by atoms with Crippen LogP contribution < -0.4 is 0 Å². The molecule has 1 aromatic rings. The maximum absolute atomic E-state index is 10.4. The summed E-state index contributed by atoms with van der Waals surface area (Å²) in [5.74, 6) is 0. The van der Waals surface area contributed by atoms with Crippen molar-refractivity contribution in [3.8, 4) is 0 Å². The highest BCUT2D eigenvalue weighted by Crippen LogP contribution is 2.23. The van der Waals surface area contributed by atoms with Gasteiger partial charge in [-0.3, -0.25) is 10.1 Å². The molecule has 0 fully saturated rings. The van der Waals surface area contributed by atoms with Gasteiger partial charge < -0.3 is 0 Å². The van der Waals surface area contributed by atoms with Crippen molar-refractivity contribution < 1.29 is 13.3 Å². The molecule has 0 radical (unpaired) electrons. The Labute approximate surface area is 91.4 Å². The third-order valence-corrected chi connectivity index (χ3v) is 2.16. The molecule has 0 aliphatic carbocycles. The van der Waals surface area contributed by atoms with Crippen LogP contribution >= 0.6 is 0 Å². The molecule has 0 aromatic heterocycles. The van der Waals surface area contributed by atoms with Gasteiger partial charge in [0.15, 0.2) is 0 Å². The molecule has 6 nitrogen and oxygen atoms in total. The first-order valence-electron chi connectivity index (χ1n) is 3.59. The second-order valence-electron chi connectivity index (χ2n) is 2.38. The zero-order valence-corrected chi connectivity index (χ0v) is 8.79. The SMILES string of the molecule is O=S=Cc1ccc([N+](=O)[O-])cc1N=S=O. The topological polar surface area (TPSA) is 89.6 Å². The van der Waals surface area contributed by atoms with Crippen molar-refractivity contribution in [1.29, 1.82) is 0 Å². The van der Waals surface area contributed by atoms with Crippen molar-refractivity contribution >= 4 is 39.5 Å². The number of hydrogen-bond acceptors (Lipinski definition) is 5. The highest BCUT2D eigenvalue weighted by Gasteiger charge is 2.08. The molecule has 0 saturated carbocycles. The van der Waals surface area contributed by atoms with Crippen molar-refractivity contribution in [2.75, 3.05) is 0 Å². The van der Waals surface area contributed by atoms with E-state index in [1.54, 1.807) is 0 Å². The fourth-order valence-corrected chi connectivity index (χ4v) is 1.46. The van der Waals surface area contributed by atoms with E-state index in [1.807, 2.05) is 0 Å². The van der Waals surface area contributed by atoms with Crippen LogP contribution in [0.1, 0.15) is 5.56 Å². The molecule has 0 heterocycles. The van der Waals surface area contributed by atoms with Gasteiger partial charge in [0, 0.05) is 23.1 Å². The molecule has 0 N–H and O–H groups in total. The maximum atomic E-state index is 10.4. The number of nitro groups is 1. The molecule has 1 aromatic carbocycles. The molecule has 0 spiro atoms. The fourth-order valence-electron chi connectivity index (χ4n) is 0.916. The van der Waals surface area contributed by atoms with Crippen LogP contribution in [0.25, 0.3) is 0 Å². The number of hydrogen-bond donors (Lipinski definition) is 0. The Kier molecular flexibility index (Phi) is 4.01. The molecule has 0 atom stereocenters. The van der Waals surface area contributed by atoms with E-state index in [1.165, 1.54) is 17.5 Å². The molecular weight excluding hydrogens is 240 g/mol. The Morgan fingerprint density at radius 1 is 1.40 bits per heavy atom. The molecule has 8 heteroatoms. The summed E-state index contributed by atoms with van der Waals surface area (Å²) in [6, 6.07) is 3.77. The summed E-state index contributed by atoms with van der Waals surface area (Å²) >= 11 is 0.129. The Morgan fingerprint density at radius 3 is 2.67 bits per heavy atom. The average Bonchev–Trinajstić information content (AvgIpc) is 2.21. The molecule has 1 rings (SSSR count). The van der Waals surface area contributed by atoms with E-state index in [2.05, 4.69) is 4.36 Å². The minimum atomic E-state index is -0.595. The second-order valence-corrected chi connectivity index (χ2v) is 3.14. The van der Waals surface area contributed by atoms with Crippen LogP contribution in [-0.4, -0.2) is 18.7 Å². The lowest BCUT2D eigenvalue weighted by Gasteiger charge is -1.96. The Morgan fingerprint density at radius 2 is 2.13 bits per heavy atom. The number of non-ortho nitro benzene ring substituents is 1. The lowest BCUT2D eigenvalue weighted by molar-refractivity contribution is -0.384. The first kappa shape index (κ1) is 11.4. The van der Waals surface area contributed by atoms with E-state index in [9.17, 15) is 18.5 Å². The van der Waals surface area contributed by atoms with E-state index < -0.39 is 4.92 Å². The number of benzene rings is 1. The molecule has 78 valence electrons. The fraction of sp³-hybridized carbons (Fsp3) is 0. The number of nitro benzene ring substituents is 1. The lowest BCUT2D eigenvalue weighted by atomic mass is 10.2. The van der Waals surface area contributed by atoms with Gasteiger partial charge in [0.2, 0.25) is 11.5 Å². The van der Waals surface area contributed by atoms with E-state index in [0.717, 1.165) is 6.07 Å². The Balaban J connectivity index is 3.38. The van der Waals surface area contributed by atoms with Crippen LogP contribution in [0.2, 0.25) is 0 Å². The van der Waals surface area contributed by atoms with Crippen molar-refractivity contribution in [2.24, 2.45) is 4.36 Å². The predicted molar refractivity (Wildman–Crippen MR) is 56.6 cm³/mol. The van der Waals surface area contributed by atoms with E-state index in [4.69, 9.17) is 0 Å². The van der Waals surface area contributed by atoms with Gasteiger partial charge in [-0.25, -0.2) is 4.21 Å². The van der Waals surface area contributed by atoms with Gasteiger partial charge in [0.25, 0.3) is 5.69 Å². The van der Waals surface area contributed by atoms with Gasteiger partial charge >= 0.3 is 0 Å². The van der Waals surface area contributed by atoms with E-state index in [-0.39, 0.29) is 34.1 Å². The minimum absolute atomic E-state index is 0.0637. The quantitative estimate of drug-likeness (QED) is 0.450. The summed E-state index contributed by atoms with van der Waals surface area (Å²) < 4.78 is 23.9. The summed E-state index contributed by atoms with van der Waals surface area (Å²) in [5.41, 5.74) is 0.354. The van der Waals surface area contributed by atoms with Crippen LogP contribution in [0, 0.1) is 10.1 Å². The summed E-state index contributed by atoms with van der Waals surface area (Å²) in [6.07, 6.45) is 0. The normalized spacial score (nSPS) is 9.07. The average molecular weight is 244 g/mol. The molecule has 0 aliphatic rings. The standard InChI is InChI=1S/C7H4N2O4S2/c10-9(11)6-2-1-5(4-14-12)7(3-6)8-15-13/h1-4H. The zero-order chi connectivity index (χ0) is 11.3. The van der Waals surface area contributed by atoms with E-state index >= 15 is 0 Å². The summed E-state index contributed by atoms with van der Waals surface area (Å²) in [6.45, 7) is 0. The minimum Gasteiger partial charge on any atom is -0.258 e. The Bertz CT molecular complexity index is 504.